The molecule has 0 aliphatic carbocycles. The Morgan fingerprint density at radius 3 is 1.60 bits per heavy atom. The van der Waals surface area contributed by atoms with Crippen LogP contribution in [0.25, 0.3) is 28.0 Å². The van der Waals surface area contributed by atoms with Gasteiger partial charge in [0.1, 0.15) is 23.0 Å². The molecule has 12 heteroatoms. The number of aromatic nitrogens is 1. The quantitative estimate of drug-likeness (QED) is 0.116. The molecule has 1 aromatic heterocycles. The van der Waals surface area contributed by atoms with Gasteiger partial charge < -0.3 is 36.5 Å². The summed E-state index contributed by atoms with van der Waals surface area (Å²) in [7, 11) is 6.22. The van der Waals surface area contributed by atoms with Gasteiger partial charge in [-0.2, -0.15) is 0 Å². The summed E-state index contributed by atoms with van der Waals surface area (Å²) in [6.45, 7) is -4.50. The van der Waals surface area contributed by atoms with Crippen molar-refractivity contribution in [1.82, 2.24) is 4.48 Å². The highest BCUT2D eigenvalue weighted by atomic mass is 127. The van der Waals surface area contributed by atoms with Gasteiger partial charge in [0.05, 0.1) is 39.7 Å². The Labute approximate surface area is 303 Å². The van der Waals surface area contributed by atoms with Gasteiger partial charge in [-0.05, 0) is 140 Å². The minimum Gasteiger partial charge on any atom is -0.497 e. The fourth-order valence-electron chi connectivity index (χ4n) is 6.14. The number of allylic oxidation sites excluding steroid dienone is 1. The van der Waals surface area contributed by atoms with Crippen LogP contribution in [0.2, 0.25) is 0 Å². The fourth-order valence-corrected chi connectivity index (χ4v) is 6.86. The molecule has 0 amide bonds. The van der Waals surface area contributed by atoms with Crippen LogP contribution in [0, 0.1) is 7.14 Å². The highest BCUT2D eigenvalue weighted by molar-refractivity contribution is 14.1. The Morgan fingerprint density at radius 1 is 0.625 bits per heavy atom. The van der Waals surface area contributed by atoms with Crippen molar-refractivity contribution in [1.29, 1.82) is 0 Å². The minimum atomic E-state index is -4.50. The van der Waals surface area contributed by atoms with Gasteiger partial charge in [0, 0.05) is 36.1 Å². The van der Waals surface area contributed by atoms with E-state index >= 15 is 8.63 Å². The lowest BCUT2D eigenvalue weighted by molar-refractivity contribution is -0.291. The summed E-state index contributed by atoms with van der Waals surface area (Å²) in [5.41, 5.74) is 4.24. The van der Waals surface area contributed by atoms with Crippen LogP contribution in [-0.4, -0.2) is 55.9 Å². The fraction of sp³-hybridized carbons (Fsp3) is 0.111. The van der Waals surface area contributed by atoms with Gasteiger partial charge in [0.25, 0.3) is 5.84 Å². The minimum absolute atomic E-state index is 0.125. The van der Waals surface area contributed by atoms with Crippen molar-refractivity contribution < 1.29 is 32.1 Å². The zero-order chi connectivity index (χ0) is 33.7. The molecule has 4 aromatic carbocycles. The predicted octanol–water partition coefficient (Wildman–Crippen LogP) is 8.93. The second-order valence-corrected chi connectivity index (χ2v) is 13.7. The maximum absolute atomic E-state index is 17.7. The maximum Gasteiger partial charge on any atom is 0.642 e. The van der Waals surface area contributed by atoms with Crippen LogP contribution in [-0.2, 0) is 0 Å². The van der Waals surface area contributed by atoms with Crippen molar-refractivity contribution in [2.75, 3.05) is 28.4 Å². The van der Waals surface area contributed by atoms with Gasteiger partial charge in [-0.1, -0.05) is 12.1 Å². The average molecular weight is 869 g/mol. The smallest absolute Gasteiger partial charge is 0.497 e. The monoisotopic (exact) mass is 869 g/mol. The van der Waals surface area contributed by atoms with Gasteiger partial charge in [0.15, 0.2) is 0 Å². The van der Waals surface area contributed by atoms with Crippen LogP contribution in [0.3, 0.4) is 0 Å². The number of benzene rings is 4. The Morgan fingerprint density at radius 2 is 1.10 bits per heavy atom. The van der Waals surface area contributed by atoms with Gasteiger partial charge in [-0.25, -0.2) is 0 Å². The highest BCUT2D eigenvalue weighted by Crippen LogP contribution is 2.47. The first kappa shape index (κ1) is 32.4. The summed E-state index contributed by atoms with van der Waals surface area (Å²) in [6.07, 6.45) is 1.77. The van der Waals surface area contributed by atoms with Gasteiger partial charge in [-0.15, -0.1) is 0 Å². The molecular formula is C36H28BF2I2N3O4. The molecule has 0 saturated carbocycles. The van der Waals surface area contributed by atoms with Gasteiger partial charge in [-0.3, -0.25) is 0 Å². The number of halogens is 4. The standard InChI is InChI=1S/C36H28BF2I2N3O4/c1-45-27-13-23(14-28(17-27)46-2)31-19-33(21-5-9-25(40)10-6-21)43-35(31)42-36-32(24-15-29(47-3)18-30(16-24)48-4)20-34(44(36)37(43,38)39)22-7-11-26(41)12-8-22/h5-20H,1-4H3. The van der Waals surface area contributed by atoms with Crippen LogP contribution >= 0.6 is 45.2 Å². The molecule has 0 spiro atoms. The van der Waals surface area contributed by atoms with E-state index in [2.05, 4.69) is 45.2 Å². The molecular weight excluding hydrogens is 841 g/mol. The molecule has 242 valence electrons. The normalized spacial score (nSPS) is 14.6. The molecule has 0 N–H and O–H groups in total. The molecule has 0 unspecified atom stereocenters. The first-order valence-electron chi connectivity index (χ1n) is 14.9. The van der Waals surface area contributed by atoms with E-state index in [1.54, 1.807) is 77.0 Å². The number of hydrogen-bond acceptors (Lipinski definition) is 5. The average Bonchev–Trinajstić information content (AvgIpc) is 3.69. The van der Waals surface area contributed by atoms with Gasteiger partial charge >= 0.3 is 6.97 Å². The molecule has 5 aromatic rings. The molecule has 7 rings (SSSR count). The second kappa shape index (κ2) is 12.7. The number of rotatable bonds is 8. The Bertz CT molecular complexity index is 2130. The number of aliphatic imine (C=N–C) groups is 1. The van der Waals surface area contributed by atoms with E-state index in [9.17, 15) is 0 Å². The van der Waals surface area contributed by atoms with Crippen LogP contribution in [0.4, 0.5) is 14.4 Å². The molecule has 0 saturated heterocycles. The van der Waals surface area contributed by atoms with Crippen LogP contribution in [0.15, 0.2) is 102 Å². The number of fused-ring (bicyclic) bond motifs is 2. The summed E-state index contributed by atoms with van der Waals surface area (Å²) in [4.78, 5) is 5.10. The van der Waals surface area contributed by atoms with Crippen molar-refractivity contribution in [3.8, 4) is 45.4 Å². The topological polar surface area (TPSA) is 57.2 Å². The molecule has 7 nitrogen and oxygen atoms in total. The zero-order valence-corrected chi connectivity index (χ0v) is 30.6. The molecule has 0 atom stereocenters. The maximum atomic E-state index is 17.7. The largest absolute Gasteiger partial charge is 0.642 e. The lowest BCUT2D eigenvalue weighted by atomic mass is 9.90. The molecule has 2 aliphatic heterocycles. The first-order valence-corrected chi connectivity index (χ1v) is 17.0. The van der Waals surface area contributed by atoms with Crippen molar-refractivity contribution in [3.05, 3.63) is 115 Å². The number of amidine groups is 1. The molecule has 2 aliphatic rings. The van der Waals surface area contributed by atoms with Crippen molar-refractivity contribution in [3.63, 3.8) is 0 Å². The molecule has 48 heavy (non-hydrogen) atoms. The van der Waals surface area contributed by atoms with E-state index < -0.39 is 6.97 Å². The second-order valence-electron chi connectivity index (χ2n) is 11.2. The summed E-state index contributed by atoms with van der Waals surface area (Å²) in [5.74, 6) is 2.37. The van der Waals surface area contributed by atoms with E-state index in [1.807, 2.05) is 48.5 Å². The summed E-state index contributed by atoms with van der Waals surface area (Å²) >= 11 is 4.42. The van der Waals surface area contributed by atoms with E-state index in [4.69, 9.17) is 23.9 Å². The third-order valence-electron chi connectivity index (χ3n) is 8.46. The zero-order valence-electron chi connectivity index (χ0n) is 26.3. The third-order valence-corrected chi connectivity index (χ3v) is 9.90. The predicted molar refractivity (Wildman–Crippen MR) is 203 cm³/mol. The van der Waals surface area contributed by atoms with E-state index in [-0.39, 0.29) is 11.7 Å². The Balaban J connectivity index is 1.56. The molecule has 3 heterocycles. The SMILES string of the molecule is COc1cc(OC)cc(C2=CC(c3ccc(I)cc3)=[N+]3C2=Nc2c(-c4cc(OC)cc(OC)c4)cc(-c4ccc(I)cc4)n2[B-]3(F)F)c1. The number of nitrogens with zero attached hydrogens (tertiary/aromatic N) is 3. The number of hydrogen-bond donors (Lipinski definition) is 0. The van der Waals surface area contributed by atoms with E-state index in [1.165, 1.54) is 0 Å². The lowest BCUT2D eigenvalue weighted by Gasteiger charge is -2.32. The van der Waals surface area contributed by atoms with Crippen LogP contribution in [0.5, 0.6) is 23.0 Å². The Hall–Kier alpha value is -4.18. The van der Waals surface area contributed by atoms with E-state index in [0.717, 1.165) is 16.1 Å². The van der Waals surface area contributed by atoms with E-state index in [0.29, 0.717) is 67.8 Å². The first-order chi connectivity index (χ1) is 23.1. The van der Waals surface area contributed by atoms with Crippen molar-refractivity contribution in [2.24, 2.45) is 4.99 Å². The lowest BCUT2D eigenvalue weighted by Crippen LogP contribution is -2.53. The van der Waals surface area contributed by atoms with Gasteiger partial charge in [0.2, 0.25) is 5.82 Å². The Kier molecular flexibility index (Phi) is 8.56. The van der Waals surface area contributed by atoms with Crippen LogP contribution in [0.1, 0.15) is 11.1 Å². The molecule has 0 fully saturated rings. The number of methoxy groups -OCH3 is 4. The highest BCUT2D eigenvalue weighted by Gasteiger charge is 2.53. The van der Waals surface area contributed by atoms with Crippen molar-refractivity contribution in [2.45, 2.75) is 0 Å². The van der Waals surface area contributed by atoms with Crippen LogP contribution < -0.4 is 18.9 Å². The summed E-state index contributed by atoms with van der Waals surface area (Å²) in [6, 6.07) is 27.5. The summed E-state index contributed by atoms with van der Waals surface area (Å²) in [5, 5.41) is 0. The summed E-state index contributed by atoms with van der Waals surface area (Å²) < 4.78 is 61.8. The molecule has 0 bridgehead atoms. The molecule has 0 radical (unpaired) electrons. The van der Waals surface area contributed by atoms with Crippen molar-refractivity contribution >= 4 is 75.1 Å². The number of ether oxygens (including phenoxy) is 4. The third kappa shape index (κ3) is 5.57.